The molecular weight excluding hydrogens is 508 g/mol. The molecule has 0 saturated heterocycles. The van der Waals surface area contributed by atoms with Crippen LogP contribution in [0.5, 0.6) is 5.75 Å². The lowest BCUT2D eigenvalue weighted by Crippen LogP contribution is -2.15. The Labute approximate surface area is 233 Å². The van der Waals surface area contributed by atoms with Gasteiger partial charge in [-0.1, -0.05) is 32.6 Å². The first-order valence-corrected chi connectivity index (χ1v) is 14.1. The molecule has 10 heteroatoms. The van der Waals surface area contributed by atoms with E-state index in [1.807, 2.05) is 0 Å². The van der Waals surface area contributed by atoms with Crippen LogP contribution in [0.3, 0.4) is 0 Å². The smallest absolute Gasteiger partial charge is 0.305 e. The first kappa shape index (κ1) is 34.9. The molecule has 0 bridgehead atoms. The number of carbonyl (C=O) groups is 2. The number of esters is 1. The number of carbonyl (C=O) groups excluding carboxylic acids is 2. The number of unbranched alkanes of at least 4 members (excludes halogenated alkanes) is 4. The number of ether oxygens (including phenoxy) is 8. The van der Waals surface area contributed by atoms with E-state index in [4.69, 9.17) is 37.9 Å². The maximum absolute atomic E-state index is 11.6. The summed E-state index contributed by atoms with van der Waals surface area (Å²) in [6.07, 6.45) is 6.87. The first-order chi connectivity index (χ1) is 19.3. The van der Waals surface area contributed by atoms with Crippen molar-refractivity contribution in [3.8, 4) is 5.75 Å². The van der Waals surface area contributed by atoms with Crippen molar-refractivity contribution in [2.75, 3.05) is 92.5 Å². The lowest BCUT2D eigenvalue weighted by atomic mass is 10.1. The van der Waals surface area contributed by atoms with E-state index in [9.17, 15) is 9.59 Å². The van der Waals surface area contributed by atoms with E-state index in [2.05, 4.69) is 6.92 Å². The molecule has 0 unspecified atom stereocenters. The van der Waals surface area contributed by atoms with Crippen LogP contribution in [-0.4, -0.2) is 105 Å². The minimum atomic E-state index is -0.149. The molecule has 0 amide bonds. The molecule has 0 aliphatic carbocycles. The molecule has 0 saturated carbocycles. The average Bonchev–Trinajstić information content (AvgIpc) is 2.96. The summed E-state index contributed by atoms with van der Waals surface area (Å²) < 4.78 is 43.3. The van der Waals surface area contributed by atoms with Crippen molar-refractivity contribution >= 4 is 12.3 Å². The van der Waals surface area contributed by atoms with Gasteiger partial charge in [0.1, 0.15) is 25.2 Å². The lowest BCUT2D eigenvalue weighted by Gasteiger charge is -2.09. The van der Waals surface area contributed by atoms with Crippen LogP contribution in [-0.2, 0) is 38.0 Å². The van der Waals surface area contributed by atoms with Crippen molar-refractivity contribution in [1.29, 1.82) is 0 Å². The third-order valence-electron chi connectivity index (χ3n) is 5.35. The Morgan fingerprint density at radius 3 is 1.49 bits per heavy atom. The Hall–Kier alpha value is -2.08. The van der Waals surface area contributed by atoms with E-state index in [0.717, 1.165) is 19.1 Å². The molecule has 0 aliphatic rings. The molecule has 0 fully saturated rings. The second-order valence-corrected chi connectivity index (χ2v) is 8.59. The van der Waals surface area contributed by atoms with Crippen LogP contribution in [0.25, 0.3) is 0 Å². The number of aldehydes is 1. The van der Waals surface area contributed by atoms with Gasteiger partial charge in [0.25, 0.3) is 0 Å². The van der Waals surface area contributed by atoms with Crippen LogP contribution in [0.4, 0.5) is 0 Å². The van der Waals surface area contributed by atoms with Crippen LogP contribution in [0.2, 0.25) is 0 Å². The zero-order chi connectivity index (χ0) is 28.1. The van der Waals surface area contributed by atoms with Crippen molar-refractivity contribution < 1.29 is 47.5 Å². The highest BCUT2D eigenvalue weighted by Crippen LogP contribution is 2.10. The Bertz CT molecular complexity index is 683. The first-order valence-electron chi connectivity index (χ1n) is 14.1. The van der Waals surface area contributed by atoms with Gasteiger partial charge in [-0.3, -0.25) is 9.59 Å². The molecule has 0 aliphatic heterocycles. The summed E-state index contributed by atoms with van der Waals surface area (Å²) >= 11 is 0. The van der Waals surface area contributed by atoms with Gasteiger partial charge in [-0.15, -0.1) is 0 Å². The maximum atomic E-state index is 11.6. The zero-order valence-electron chi connectivity index (χ0n) is 23.6. The van der Waals surface area contributed by atoms with E-state index < -0.39 is 0 Å². The molecular formula is C29H48O10. The van der Waals surface area contributed by atoms with Gasteiger partial charge in [-0.05, 0) is 30.7 Å². The fourth-order valence-electron chi connectivity index (χ4n) is 3.22. The van der Waals surface area contributed by atoms with Gasteiger partial charge in [0.2, 0.25) is 0 Å². The SMILES string of the molecule is CCCCCCCC(=O)OCCOCCOCCOCCOCCOCCOCCOc1ccc(C=O)cc1. The van der Waals surface area contributed by atoms with E-state index >= 15 is 0 Å². The number of benzene rings is 1. The molecule has 10 nitrogen and oxygen atoms in total. The molecule has 0 aromatic heterocycles. The molecule has 1 rings (SSSR count). The second kappa shape index (κ2) is 27.5. The zero-order valence-corrected chi connectivity index (χ0v) is 23.6. The van der Waals surface area contributed by atoms with Crippen molar-refractivity contribution in [2.24, 2.45) is 0 Å². The Kier molecular flexibility index (Phi) is 24.6. The summed E-state index contributed by atoms with van der Waals surface area (Å²) in [5.41, 5.74) is 0.618. The molecule has 0 atom stereocenters. The monoisotopic (exact) mass is 556 g/mol. The largest absolute Gasteiger partial charge is 0.491 e. The molecule has 0 spiro atoms. The second-order valence-electron chi connectivity index (χ2n) is 8.59. The number of hydrogen-bond donors (Lipinski definition) is 0. The lowest BCUT2D eigenvalue weighted by molar-refractivity contribution is -0.145. The molecule has 1 aromatic carbocycles. The normalized spacial score (nSPS) is 11.0. The van der Waals surface area contributed by atoms with Gasteiger partial charge in [0.05, 0.1) is 79.3 Å². The summed E-state index contributed by atoms with van der Waals surface area (Å²) in [4.78, 5) is 22.2. The van der Waals surface area contributed by atoms with Crippen molar-refractivity contribution in [3.63, 3.8) is 0 Å². The highest BCUT2D eigenvalue weighted by molar-refractivity contribution is 5.74. The van der Waals surface area contributed by atoms with Gasteiger partial charge in [0, 0.05) is 12.0 Å². The maximum Gasteiger partial charge on any atom is 0.305 e. The van der Waals surface area contributed by atoms with Crippen molar-refractivity contribution in [3.05, 3.63) is 29.8 Å². The van der Waals surface area contributed by atoms with Gasteiger partial charge < -0.3 is 37.9 Å². The Morgan fingerprint density at radius 1 is 0.590 bits per heavy atom. The fraction of sp³-hybridized carbons (Fsp3) is 0.724. The number of rotatable bonds is 29. The van der Waals surface area contributed by atoms with E-state index in [1.54, 1.807) is 24.3 Å². The molecule has 39 heavy (non-hydrogen) atoms. The molecule has 224 valence electrons. The van der Waals surface area contributed by atoms with Crippen LogP contribution >= 0.6 is 0 Å². The minimum absolute atomic E-state index is 0.149. The van der Waals surface area contributed by atoms with Crippen LogP contribution in [0.1, 0.15) is 55.8 Å². The molecule has 0 N–H and O–H groups in total. The fourth-order valence-corrected chi connectivity index (χ4v) is 3.22. The Morgan fingerprint density at radius 2 is 1.03 bits per heavy atom. The molecule has 0 radical (unpaired) electrons. The van der Waals surface area contributed by atoms with Gasteiger partial charge in [0.15, 0.2) is 0 Å². The number of hydrogen-bond acceptors (Lipinski definition) is 10. The van der Waals surface area contributed by atoms with Crippen LogP contribution in [0.15, 0.2) is 24.3 Å². The van der Waals surface area contributed by atoms with E-state index in [1.165, 1.54) is 19.3 Å². The summed E-state index contributed by atoms with van der Waals surface area (Å²) in [5.74, 6) is 0.555. The van der Waals surface area contributed by atoms with Gasteiger partial charge in [-0.2, -0.15) is 0 Å². The Balaban J connectivity index is 1.69. The average molecular weight is 557 g/mol. The molecule has 0 heterocycles. The third kappa shape index (κ3) is 23.5. The van der Waals surface area contributed by atoms with E-state index in [-0.39, 0.29) is 12.6 Å². The van der Waals surface area contributed by atoms with Crippen molar-refractivity contribution in [1.82, 2.24) is 0 Å². The van der Waals surface area contributed by atoms with Crippen LogP contribution in [0, 0.1) is 0 Å². The quantitative estimate of drug-likeness (QED) is 0.0819. The predicted molar refractivity (Wildman–Crippen MR) is 147 cm³/mol. The standard InChI is InChI=1S/C29H48O10/c1-2-3-4-5-6-7-29(31)39-25-23-37-21-19-35-17-15-33-13-12-32-14-16-34-18-20-36-22-24-38-28-10-8-27(26-30)9-11-28/h8-11,26H,2-7,12-25H2,1H3. The van der Waals surface area contributed by atoms with Gasteiger partial charge >= 0.3 is 5.97 Å². The topological polar surface area (TPSA) is 108 Å². The van der Waals surface area contributed by atoms with Crippen LogP contribution < -0.4 is 4.74 Å². The summed E-state index contributed by atoms with van der Waals surface area (Å²) in [6, 6.07) is 6.93. The highest BCUT2D eigenvalue weighted by Gasteiger charge is 2.02. The summed E-state index contributed by atoms with van der Waals surface area (Å²) in [5, 5.41) is 0. The van der Waals surface area contributed by atoms with Crippen molar-refractivity contribution in [2.45, 2.75) is 45.4 Å². The van der Waals surface area contributed by atoms with Gasteiger partial charge in [-0.25, -0.2) is 0 Å². The summed E-state index contributed by atoms with van der Waals surface area (Å²) in [7, 11) is 0. The van der Waals surface area contributed by atoms with E-state index in [0.29, 0.717) is 104 Å². The summed E-state index contributed by atoms with van der Waals surface area (Å²) in [6.45, 7) is 8.55. The minimum Gasteiger partial charge on any atom is -0.491 e. The third-order valence-corrected chi connectivity index (χ3v) is 5.35. The predicted octanol–water partition coefficient (Wildman–Crippen LogP) is 3.88. The highest BCUT2D eigenvalue weighted by atomic mass is 16.6. The molecule has 1 aromatic rings.